The zero-order chi connectivity index (χ0) is 26.3. The average molecular weight is 526 g/mol. The Kier molecular flexibility index (Phi) is 9.79. The second-order valence-electron chi connectivity index (χ2n) is 8.29. The van der Waals surface area contributed by atoms with E-state index in [0.29, 0.717) is 10.8 Å². The monoisotopic (exact) mass is 525 g/mol. The number of amides is 2. The summed E-state index contributed by atoms with van der Waals surface area (Å²) in [5, 5.41) is 3.33. The van der Waals surface area contributed by atoms with Gasteiger partial charge in [0.1, 0.15) is 24.1 Å². The Bertz CT molecular complexity index is 1140. The molecule has 0 fully saturated rings. The van der Waals surface area contributed by atoms with Crippen molar-refractivity contribution >= 4 is 39.1 Å². The highest BCUT2D eigenvalue weighted by atomic mass is 35.5. The van der Waals surface area contributed by atoms with Crippen LogP contribution in [0.1, 0.15) is 26.3 Å². The van der Waals surface area contributed by atoms with Crippen molar-refractivity contribution in [2.24, 2.45) is 0 Å². The molecule has 11 heteroatoms. The van der Waals surface area contributed by atoms with Gasteiger partial charge in [0, 0.05) is 23.7 Å². The molecule has 2 rings (SSSR count). The van der Waals surface area contributed by atoms with Crippen LogP contribution in [0.25, 0.3) is 0 Å². The van der Waals surface area contributed by atoms with Crippen LogP contribution in [0.4, 0.5) is 5.69 Å². The summed E-state index contributed by atoms with van der Waals surface area (Å²) < 4.78 is 37.0. The summed E-state index contributed by atoms with van der Waals surface area (Å²) in [5.41, 5.74) is 0.912. The average Bonchev–Trinajstić information content (AvgIpc) is 2.80. The van der Waals surface area contributed by atoms with Crippen LogP contribution in [-0.4, -0.2) is 64.2 Å². The van der Waals surface area contributed by atoms with Crippen LogP contribution in [0, 0.1) is 0 Å². The summed E-state index contributed by atoms with van der Waals surface area (Å²) in [5.74, 6) is -0.226. The summed E-state index contributed by atoms with van der Waals surface area (Å²) in [7, 11) is -1.02. The van der Waals surface area contributed by atoms with Gasteiger partial charge in [0.2, 0.25) is 21.8 Å². The van der Waals surface area contributed by atoms with E-state index in [9.17, 15) is 18.0 Å². The number of sulfonamides is 1. The summed E-state index contributed by atoms with van der Waals surface area (Å²) in [6.07, 6.45) is 1.00. The minimum absolute atomic E-state index is 0.0834. The highest BCUT2D eigenvalue weighted by Gasteiger charge is 2.31. The predicted octanol–water partition coefficient (Wildman–Crippen LogP) is 3.07. The Morgan fingerprint density at radius 3 is 2.17 bits per heavy atom. The maximum Gasteiger partial charge on any atom is 0.244 e. The molecule has 35 heavy (non-hydrogen) atoms. The van der Waals surface area contributed by atoms with Gasteiger partial charge in [0.05, 0.1) is 26.2 Å². The Hall–Kier alpha value is -2.98. The molecule has 0 aliphatic carbocycles. The van der Waals surface area contributed by atoms with Gasteiger partial charge in [-0.3, -0.25) is 13.9 Å². The van der Waals surface area contributed by atoms with E-state index >= 15 is 0 Å². The number of hydrogen-bond acceptors (Lipinski definition) is 6. The Balaban J connectivity index is 2.45. The molecule has 0 heterocycles. The van der Waals surface area contributed by atoms with Gasteiger partial charge in [0.25, 0.3) is 0 Å². The molecule has 0 bridgehead atoms. The Labute approximate surface area is 212 Å². The minimum atomic E-state index is -3.90. The molecule has 0 radical (unpaired) electrons. The van der Waals surface area contributed by atoms with E-state index in [1.807, 2.05) is 13.8 Å². The van der Waals surface area contributed by atoms with E-state index in [0.717, 1.165) is 16.1 Å². The number of ether oxygens (including phenoxy) is 2. The number of rotatable bonds is 11. The van der Waals surface area contributed by atoms with E-state index in [4.69, 9.17) is 21.1 Å². The van der Waals surface area contributed by atoms with Crippen LogP contribution in [0.2, 0.25) is 5.02 Å². The number of benzene rings is 2. The first kappa shape index (κ1) is 28.3. The van der Waals surface area contributed by atoms with Crippen molar-refractivity contribution < 1.29 is 27.5 Å². The largest absolute Gasteiger partial charge is 0.497 e. The number of anilines is 1. The summed E-state index contributed by atoms with van der Waals surface area (Å²) >= 11 is 5.98. The second kappa shape index (κ2) is 12.1. The van der Waals surface area contributed by atoms with E-state index < -0.39 is 28.5 Å². The molecule has 1 atom stereocenters. The van der Waals surface area contributed by atoms with Crippen molar-refractivity contribution in [3.63, 3.8) is 0 Å². The minimum Gasteiger partial charge on any atom is -0.497 e. The molecule has 0 saturated heterocycles. The molecule has 0 saturated carbocycles. The smallest absolute Gasteiger partial charge is 0.244 e. The van der Waals surface area contributed by atoms with E-state index in [2.05, 4.69) is 5.32 Å². The Morgan fingerprint density at radius 2 is 1.66 bits per heavy atom. The molecule has 0 aromatic heterocycles. The van der Waals surface area contributed by atoms with Crippen LogP contribution in [-0.2, 0) is 26.2 Å². The molecule has 0 aliphatic heterocycles. The topological polar surface area (TPSA) is 105 Å². The standard InChI is InChI=1S/C24H32ClN3O6S/c1-16(2)26-24(30)17(3)27(14-18-7-9-19(25)10-8-18)23(29)15-28(35(6,31)32)21-12-11-20(33-4)13-22(21)34-5/h7-13,16-17H,14-15H2,1-6H3,(H,26,30). The molecular weight excluding hydrogens is 494 g/mol. The molecule has 9 nitrogen and oxygen atoms in total. The molecule has 2 aromatic carbocycles. The van der Waals surface area contributed by atoms with Crippen molar-refractivity contribution in [2.75, 3.05) is 31.3 Å². The zero-order valence-corrected chi connectivity index (χ0v) is 22.3. The molecule has 2 amide bonds. The number of halogens is 1. The quantitative estimate of drug-likeness (QED) is 0.483. The summed E-state index contributed by atoms with van der Waals surface area (Å²) in [6.45, 7) is 4.79. The highest BCUT2D eigenvalue weighted by Crippen LogP contribution is 2.33. The second-order valence-corrected chi connectivity index (χ2v) is 10.6. The Morgan fingerprint density at radius 1 is 1.03 bits per heavy atom. The van der Waals surface area contributed by atoms with E-state index in [1.165, 1.54) is 31.3 Å². The van der Waals surface area contributed by atoms with E-state index in [-0.39, 0.29) is 29.9 Å². The first-order chi connectivity index (χ1) is 16.4. The lowest BCUT2D eigenvalue weighted by atomic mass is 10.1. The van der Waals surface area contributed by atoms with Gasteiger partial charge in [-0.1, -0.05) is 23.7 Å². The third-order valence-corrected chi connectivity index (χ3v) is 6.58. The number of nitrogens with one attached hydrogen (secondary N) is 1. The highest BCUT2D eigenvalue weighted by molar-refractivity contribution is 7.92. The lowest BCUT2D eigenvalue weighted by Gasteiger charge is -2.32. The molecule has 2 aromatic rings. The predicted molar refractivity (Wildman–Crippen MR) is 136 cm³/mol. The zero-order valence-electron chi connectivity index (χ0n) is 20.7. The van der Waals surface area contributed by atoms with Crippen molar-refractivity contribution in [3.8, 4) is 11.5 Å². The first-order valence-corrected chi connectivity index (χ1v) is 13.1. The molecule has 0 spiro atoms. The fourth-order valence-electron chi connectivity index (χ4n) is 3.36. The van der Waals surface area contributed by atoms with E-state index in [1.54, 1.807) is 37.3 Å². The molecule has 192 valence electrons. The van der Waals surface area contributed by atoms with Crippen LogP contribution < -0.4 is 19.1 Å². The number of nitrogens with zero attached hydrogens (tertiary/aromatic N) is 2. The van der Waals surface area contributed by atoms with Crippen LogP contribution >= 0.6 is 11.6 Å². The van der Waals surface area contributed by atoms with Crippen molar-refractivity contribution in [2.45, 2.75) is 39.4 Å². The first-order valence-electron chi connectivity index (χ1n) is 10.9. The van der Waals surface area contributed by atoms with Gasteiger partial charge < -0.3 is 19.7 Å². The fourth-order valence-corrected chi connectivity index (χ4v) is 4.34. The van der Waals surface area contributed by atoms with Gasteiger partial charge >= 0.3 is 0 Å². The van der Waals surface area contributed by atoms with Crippen molar-refractivity contribution in [1.29, 1.82) is 0 Å². The maximum atomic E-state index is 13.5. The summed E-state index contributed by atoms with van der Waals surface area (Å²) in [4.78, 5) is 27.7. The number of carbonyl (C=O) groups excluding carboxylic acids is 2. The lowest BCUT2D eigenvalue weighted by Crippen LogP contribution is -2.52. The molecule has 0 aliphatic rings. The lowest BCUT2D eigenvalue weighted by molar-refractivity contribution is -0.139. The number of methoxy groups -OCH3 is 2. The summed E-state index contributed by atoms with van der Waals surface area (Å²) in [6, 6.07) is 10.5. The van der Waals surface area contributed by atoms with Gasteiger partial charge in [-0.25, -0.2) is 8.42 Å². The van der Waals surface area contributed by atoms with Gasteiger partial charge in [-0.05, 0) is 50.6 Å². The third-order valence-electron chi connectivity index (χ3n) is 5.20. The maximum absolute atomic E-state index is 13.5. The molecule has 1 N–H and O–H groups in total. The van der Waals surface area contributed by atoms with Gasteiger partial charge in [0.15, 0.2) is 0 Å². The van der Waals surface area contributed by atoms with Gasteiger partial charge in [-0.15, -0.1) is 0 Å². The van der Waals surface area contributed by atoms with Crippen LogP contribution in [0.15, 0.2) is 42.5 Å². The van der Waals surface area contributed by atoms with Crippen LogP contribution in [0.5, 0.6) is 11.5 Å². The van der Waals surface area contributed by atoms with Gasteiger partial charge in [-0.2, -0.15) is 0 Å². The van der Waals surface area contributed by atoms with Crippen LogP contribution in [0.3, 0.4) is 0 Å². The third kappa shape index (κ3) is 7.76. The normalized spacial score (nSPS) is 12.1. The molecule has 1 unspecified atom stereocenters. The SMILES string of the molecule is COc1ccc(N(CC(=O)N(Cc2ccc(Cl)cc2)C(C)C(=O)NC(C)C)S(C)(=O)=O)c(OC)c1. The number of hydrogen-bond donors (Lipinski definition) is 1. The number of carbonyl (C=O) groups is 2. The molecular formula is C24H32ClN3O6S. The van der Waals surface area contributed by atoms with Crippen molar-refractivity contribution in [1.82, 2.24) is 10.2 Å². The van der Waals surface area contributed by atoms with Crippen molar-refractivity contribution in [3.05, 3.63) is 53.1 Å². The fraction of sp³-hybridized carbons (Fsp3) is 0.417.